The fourth-order valence-corrected chi connectivity index (χ4v) is 8.89. The van der Waals surface area contributed by atoms with E-state index in [1.165, 1.54) is 4.90 Å². The number of fused-ring (bicyclic) bond motifs is 3. The standard InChI is InChI=1S/C40H43N3O8S/c1-2-30-23-40(30,39(47)42-52(48,49)32-14-15-32)24-35(44)34-22-31-25-43(34)38(46)29(19-26-9-5-3-6-10-26)21-36(45)50-18-8-4-7-11-27-12-13-28-16-17-41-37(51-31)33(28)20-27/h2-3,5-7,9-13,16-17,20,29-32,34H,1,4,8,14-15,18-19,21-25H2,(H,42,47)/b11-7+/t29-,30+,31-,34+,40-/m1/s1. The van der Waals surface area contributed by atoms with Gasteiger partial charge in [-0.05, 0) is 73.1 Å². The molecule has 2 amide bonds. The molecule has 272 valence electrons. The van der Waals surface area contributed by atoms with E-state index in [-0.39, 0.29) is 51.0 Å². The molecular weight excluding hydrogens is 683 g/mol. The first-order valence-electron chi connectivity index (χ1n) is 18.0. The molecule has 1 saturated heterocycles. The number of Topliss-reactive ketones (excluding diaryl/α,β-unsaturated/α-hetero) is 1. The van der Waals surface area contributed by atoms with Crippen molar-refractivity contribution in [1.82, 2.24) is 14.6 Å². The Bertz CT molecular complexity index is 2030. The number of hydrogen-bond donors (Lipinski definition) is 1. The number of nitrogens with one attached hydrogen (secondary N) is 1. The maximum absolute atomic E-state index is 14.6. The highest BCUT2D eigenvalue weighted by atomic mass is 32.2. The minimum atomic E-state index is -3.85. The summed E-state index contributed by atoms with van der Waals surface area (Å²) in [5, 5.41) is 1.10. The van der Waals surface area contributed by atoms with Gasteiger partial charge in [-0.2, -0.15) is 0 Å². The smallest absolute Gasteiger partial charge is 0.306 e. The van der Waals surface area contributed by atoms with Gasteiger partial charge in [-0.15, -0.1) is 6.58 Å². The van der Waals surface area contributed by atoms with Crippen LogP contribution in [-0.4, -0.2) is 72.4 Å². The van der Waals surface area contributed by atoms with Gasteiger partial charge >= 0.3 is 5.97 Å². The second-order valence-corrected chi connectivity index (χ2v) is 16.4. The Labute approximate surface area is 303 Å². The number of ether oxygens (including phenoxy) is 2. The summed E-state index contributed by atoms with van der Waals surface area (Å²) in [6, 6.07) is 16.2. The molecule has 3 aromatic rings. The SMILES string of the molecule is C=C[C@H]1C[C@]1(CC(=O)[C@@H]1C[C@@H]2CN1C(=O)[C@H](Cc1ccccc1)CC(=O)OCCC/C=C/c1ccc3ccnc(c3c1)O2)C(=O)NS(=O)(=O)C1CC1. The van der Waals surface area contributed by atoms with Crippen LogP contribution < -0.4 is 9.46 Å². The lowest BCUT2D eigenvalue weighted by Crippen LogP contribution is -2.47. The summed E-state index contributed by atoms with van der Waals surface area (Å²) in [4.78, 5) is 61.8. The van der Waals surface area contributed by atoms with Crippen LogP contribution in [-0.2, 0) is 40.4 Å². The number of ketones is 1. The van der Waals surface area contributed by atoms with E-state index >= 15 is 0 Å². The summed E-state index contributed by atoms with van der Waals surface area (Å²) in [7, 11) is -3.85. The molecule has 5 atom stereocenters. The molecule has 1 aromatic heterocycles. The Hall–Kier alpha value is -4.84. The summed E-state index contributed by atoms with van der Waals surface area (Å²) in [6.07, 6.45) is 9.08. The predicted molar refractivity (Wildman–Crippen MR) is 194 cm³/mol. The fraction of sp³-hybridized carbons (Fsp3) is 0.425. The molecule has 3 fully saturated rings. The summed E-state index contributed by atoms with van der Waals surface area (Å²) in [5.41, 5.74) is 0.512. The fourth-order valence-electron chi connectivity index (χ4n) is 7.50. The zero-order chi connectivity index (χ0) is 36.5. The Kier molecular flexibility index (Phi) is 10.0. The highest BCUT2D eigenvalue weighted by Gasteiger charge is 2.61. The number of esters is 1. The first kappa shape index (κ1) is 35.6. The third-order valence-corrected chi connectivity index (χ3v) is 12.5. The van der Waals surface area contributed by atoms with Gasteiger partial charge in [-0.3, -0.25) is 23.9 Å². The molecule has 52 heavy (non-hydrogen) atoms. The van der Waals surface area contributed by atoms with Crippen molar-refractivity contribution in [3.63, 3.8) is 0 Å². The van der Waals surface area contributed by atoms with Gasteiger partial charge in [0, 0.05) is 24.4 Å². The number of benzene rings is 2. The number of aromatic nitrogens is 1. The van der Waals surface area contributed by atoms with Crippen LogP contribution in [0.2, 0.25) is 0 Å². The molecule has 11 nitrogen and oxygen atoms in total. The van der Waals surface area contributed by atoms with Gasteiger partial charge in [0.1, 0.15) is 6.10 Å². The third kappa shape index (κ3) is 7.67. The second-order valence-electron chi connectivity index (χ2n) is 14.5. The van der Waals surface area contributed by atoms with E-state index in [0.29, 0.717) is 31.6 Å². The van der Waals surface area contributed by atoms with Crippen LogP contribution in [0.15, 0.2) is 79.5 Å². The quantitative estimate of drug-likeness (QED) is 0.239. The summed E-state index contributed by atoms with van der Waals surface area (Å²) in [6.45, 7) is 4.07. The van der Waals surface area contributed by atoms with E-state index in [2.05, 4.69) is 16.3 Å². The van der Waals surface area contributed by atoms with Crippen molar-refractivity contribution >= 4 is 50.4 Å². The average Bonchev–Trinajstić information content (AvgIpc) is 4.06. The zero-order valence-corrected chi connectivity index (χ0v) is 29.8. The van der Waals surface area contributed by atoms with E-state index in [9.17, 15) is 27.6 Å². The molecule has 2 saturated carbocycles. The highest BCUT2D eigenvalue weighted by molar-refractivity contribution is 7.90. The normalized spacial score (nSPS) is 27.2. The minimum Gasteiger partial charge on any atom is -0.472 e. The molecule has 4 bridgehead atoms. The maximum Gasteiger partial charge on any atom is 0.306 e. The summed E-state index contributed by atoms with van der Waals surface area (Å²) in [5.74, 6) is -2.84. The average molecular weight is 726 g/mol. The first-order valence-corrected chi connectivity index (χ1v) is 19.5. The molecule has 0 unspecified atom stereocenters. The molecule has 4 aliphatic rings. The minimum absolute atomic E-state index is 0.0490. The van der Waals surface area contributed by atoms with Gasteiger partial charge in [0.15, 0.2) is 5.78 Å². The molecule has 1 N–H and O–H groups in total. The molecule has 3 heterocycles. The largest absolute Gasteiger partial charge is 0.472 e. The molecule has 0 spiro atoms. The molecule has 2 aromatic carbocycles. The molecular formula is C40H43N3O8S. The van der Waals surface area contributed by atoms with Crippen molar-refractivity contribution in [2.45, 2.75) is 75.2 Å². The first-order chi connectivity index (χ1) is 25.1. The van der Waals surface area contributed by atoms with Gasteiger partial charge in [0.25, 0.3) is 0 Å². The van der Waals surface area contributed by atoms with Crippen LogP contribution in [0.5, 0.6) is 5.88 Å². The number of rotatable bonds is 9. The topological polar surface area (TPSA) is 149 Å². The number of pyridine rings is 1. The Morgan fingerprint density at radius 1 is 1.10 bits per heavy atom. The number of sulfonamides is 1. The van der Waals surface area contributed by atoms with Gasteiger partial charge < -0.3 is 14.4 Å². The van der Waals surface area contributed by atoms with Crippen molar-refractivity contribution in [2.75, 3.05) is 13.2 Å². The number of carbonyl (C=O) groups is 4. The van der Waals surface area contributed by atoms with Crippen LogP contribution >= 0.6 is 0 Å². The number of hydrogen-bond acceptors (Lipinski definition) is 9. The second kappa shape index (κ2) is 14.7. The molecule has 12 heteroatoms. The van der Waals surface area contributed by atoms with Gasteiger partial charge in [-0.1, -0.05) is 60.7 Å². The van der Waals surface area contributed by atoms with Gasteiger partial charge in [0.05, 0.1) is 42.2 Å². The van der Waals surface area contributed by atoms with E-state index in [4.69, 9.17) is 9.47 Å². The van der Waals surface area contributed by atoms with Crippen LogP contribution in [0.1, 0.15) is 62.5 Å². The van der Waals surface area contributed by atoms with Crippen molar-refractivity contribution in [1.29, 1.82) is 0 Å². The summed E-state index contributed by atoms with van der Waals surface area (Å²) < 4.78 is 39.8. The number of nitrogens with zero attached hydrogens (tertiary/aromatic N) is 2. The van der Waals surface area contributed by atoms with E-state index in [0.717, 1.165) is 21.9 Å². The number of carbonyl (C=O) groups excluding carboxylic acids is 4. The van der Waals surface area contributed by atoms with Crippen LogP contribution in [0, 0.1) is 17.3 Å². The van der Waals surface area contributed by atoms with E-state index < -0.39 is 62.5 Å². The summed E-state index contributed by atoms with van der Waals surface area (Å²) >= 11 is 0. The van der Waals surface area contributed by atoms with Crippen LogP contribution in [0.3, 0.4) is 0 Å². The lowest BCUT2D eigenvalue weighted by molar-refractivity contribution is -0.150. The Morgan fingerprint density at radius 2 is 1.90 bits per heavy atom. The Balaban J connectivity index is 1.22. The van der Waals surface area contributed by atoms with Gasteiger partial charge in [0.2, 0.25) is 27.7 Å². The lowest BCUT2D eigenvalue weighted by Gasteiger charge is -2.29. The lowest BCUT2D eigenvalue weighted by atomic mass is 9.90. The van der Waals surface area contributed by atoms with Crippen LogP contribution in [0.4, 0.5) is 0 Å². The van der Waals surface area contributed by atoms with E-state index in [1.54, 1.807) is 12.3 Å². The van der Waals surface area contributed by atoms with Crippen molar-refractivity contribution in [2.24, 2.45) is 17.3 Å². The monoisotopic (exact) mass is 725 g/mol. The van der Waals surface area contributed by atoms with Crippen molar-refractivity contribution in [3.05, 3.63) is 90.7 Å². The van der Waals surface area contributed by atoms with E-state index in [1.807, 2.05) is 66.7 Å². The van der Waals surface area contributed by atoms with Crippen molar-refractivity contribution < 1.29 is 37.1 Å². The zero-order valence-electron chi connectivity index (χ0n) is 28.9. The third-order valence-electron chi connectivity index (χ3n) is 10.7. The maximum atomic E-state index is 14.6. The van der Waals surface area contributed by atoms with Gasteiger partial charge in [-0.25, -0.2) is 13.4 Å². The molecule has 2 aliphatic heterocycles. The van der Waals surface area contributed by atoms with Crippen LogP contribution in [0.25, 0.3) is 16.8 Å². The highest BCUT2D eigenvalue weighted by Crippen LogP contribution is 2.57. The molecule has 2 aliphatic carbocycles. The predicted octanol–water partition coefficient (Wildman–Crippen LogP) is 4.94. The number of allylic oxidation sites excluding steroid dienone is 2. The molecule has 7 rings (SSSR count). The number of amides is 2. The number of cyclic esters (lactones) is 1. The van der Waals surface area contributed by atoms with Crippen molar-refractivity contribution in [3.8, 4) is 5.88 Å². The Morgan fingerprint density at radius 3 is 2.65 bits per heavy atom. The molecule has 0 radical (unpaired) electrons.